The molecule has 0 bridgehead atoms. The van der Waals surface area contributed by atoms with Crippen molar-refractivity contribution in [2.75, 3.05) is 22.6 Å². The smallest absolute Gasteiger partial charge is 0.253 e. The highest BCUT2D eigenvalue weighted by atomic mass is 35.5. The number of amides is 3. The number of halogens is 1. The Morgan fingerprint density at radius 2 is 1.72 bits per heavy atom. The number of hydrogen-bond acceptors (Lipinski definition) is 4. The standard InChI is InChI=1S/C21H24ClN3O3S/c1-3-19(26)23-14-7-6-8-15(13-14)24-21(28)18(11-12-29-2)25-20(27)16-9-4-5-10-17(16)22/h4-10,13,18H,3,11-12H2,1-2H3,(H,23,26)(H,24,28)(H,25,27). The molecule has 0 aromatic heterocycles. The number of benzene rings is 2. The Kier molecular flexibility index (Phi) is 9.02. The Morgan fingerprint density at radius 3 is 2.38 bits per heavy atom. The van der Waals surface area contributed by atoms with Gasteiger partial charge in [-0.1, -0.05) is 36.7 Å². The van der Waals surface area contributed by atoms with E-state index in [0.717, 1.165) is 0 Å². The van der Waals surface area contributed by atoms with E-state index in [9.17, 15) is 14.4 Å². The zero-order chi connectivity index (χ0) is 21.2. The lowest BCUT2D eigenvalue weighted by Gasteiger charge is -2.19. The second-order valence-electron chi connectivity index (χ2n) is 6.26. The summed E-state index contributed by atoms with van der Waals surface area (Å²) in [6.07, 6.45) is 2.77. The van der Waals surface area contributed by atoms with Crippen molar-refractivity contribution < 1.29 is 14.4 Å². The number of hydrogen-bond donors (Lipinski definition) is 3. The van der Waals surface area contributed by atoms with Gasteiger partial charge < -0.3 is 16.0 Å². The summed E-state index contributed by atoms with van der Waals surface area (Å²) < 4.78 is 0. The molecular formula is C21H24ClN3O3S. The predicted molar refractivity (Wildman–Crippen MR) is 120 cm³/mol. The molecule has 0 spiro atoms. The average Bonchev–Trinajstić information content (AvgIpc) is 2.71. The molecule has 0 saturated carbocycles. The summed E-state index contributed by atoms with van der Waals surface area (Å²) in [5.74, 6) is -0.148. The second kappa shape index (κ2) is 11.5. The van der Waals surface area contributed by atoms with Crippen LogP contribution in [-0.2, 0) is 9.59 Å². The van der Waals surface area contributed by atoms with Crippen molar-refractivity contribution in [3.05, 3.63) is 59.1 Å². The average molecular weight is 434 g/mol. The normalized spacial score (nSPS) is 11.4. The van der Waals surface area contributed by atoms with Crippen molar-refractivity contribution in [3.63, 3.8) is 0 Å². The van der Waals surface area contributed by atoms with Gasteiger partial charge in [-0.05, 0) is 48.8 Å². The molecule has 29 heavy (non-hydrogen) atoms. The minimum absolute atomic E-state index is 0.113. The van der Waals surface area contributed by atoms with Crippen LogP contribution < -0.4 is 16.0 Å². The van der Waals surface area contributed by atoms with E-state index in [0.29, 0.717) is 40.6 Å². The molecule has 3 N–H and O–H groups in total. The highest BCUT2D eigenvalue weighted by Crippen LogP contribution is 2.18. The third-order valence-corrected chi connectivity index (χ3v) is 5.06. The third kappa shape index (κ3) is 7.11. The minimum atomic E-state index is -0.722. The van der Waals surface area contributed by atoms with Gasteiger partial charge in [0.05, 0.1) is 10.6 Å². The van der Waals surface area contributed by atoms with Crippen LogP contribution in [0.2, 0.25) is 5.02 Å². The lowest BCUT2D eigenvalue weighted by molar-refractivity contribution is -0.118. The van der Waals surface area contributed by atoms with Gasteiger partial charge >= 0.3 is 0 Å². The van der Waals surface area contributed by atoms with Crippen LogP contribution >= 0.6 is 23.4 Å². The SMILES string of the molecule is CCC(=O)Nc1cccc(NC(=O)C(CCSC)NC(=O)c2ccccc2Cl)c1. The predicted octanol–water partition coefficient (Wildman–Crippen LogP) is 4.18. The van der Waals surface area contributed by atoms with E-state index in [-0.39, 0.29) is 11.8 Å². The van der Waals surface area contributed by atoms with E-state index in [4.69, 9.17) is 11.6 Å². The van der Waals surface area contributed by atoms with Crippen LogP contribution in [0.5, 0.6) is 0 Å². The van der Waals surface area contributed by atoms with Gasteiger partial charge in [0, 0.05) is 17.8 Å². The second-order valence-corrected chi connectivity index (χ2v) is 7.65. The molecule has 1 atom stereocenters. The first kappa shape index (κ1) is 22.8. The number of carbonyl (C=O) groups excluding carboxylic acids is 3. The molecule has 6 nitrogen and oxygen atoms in total. The van der Waals surface area contributed by atoms with Gasteiger partial charge in [0.15, 0.2) is 0 Å². The van der Waals surface area contributed by atoms with Gasteiger partial charge in [-0.2, -0.15) is 11.8 Å². The van der Waals surface area contributed by atoms with E-state index in [1.807, 2.05) is 6.26 Å². The van der Waals surface area contributed by atoms with Crippen molar-refractivity contribution in [2.24, 2.45) is 0 Å². The molecule has 0 radical (unpaired) electrons. The van der Waals surface area contributed by atoms with Crippen molar-refractivity contribution in [3.8, 4) is 0 Å². The fraction of sp³-hybridized carbons (Fsp3) is 0.286. The van der Waals surface area contributed by atoms with Crippen molar-refractivity contribution in [1.29, 1.82) is 0 Å². The summed E-state index contributed by atoms with van der Waals surface area (Å²) in [4.78, 5) is 36.9. The van der Waals surface area contributed by atoms with Crippen molar-refractivity contribution >= 4 is 52.5 Å². The van der Waals surface area contributed by atoms with E-state index >= 15 is 0 Å². The number of nitrogens with one attached hydrogen (secondary N) is 3. The number of thioether (sulfide) groups is 1. The molecule has 0 aliphatic rings. The monoisotopic (exact) mass is 433 g/mol. The van der Waals surface area contributed by atoms with Crippen LogP contribution in [0.25, 0.3) is 0 Å². The quantitative estimate of drug-likeness (QED) is 0.553. The van der Waals surface area contributed by atoms with Crippen LogP contribution in [0.4, 0.5) is 11.4 Å². The summed E-state index contributed by atoms with van der Waals surface area (Å²) in [6, 6.07) is 12.8. The highest BCUT2D eigenvalue weighted by molar-refractivity contribution is 7.98. The minimum Gasteiger partial charge on any atom is -0.340 e. The van der Waals surface area contributed by atoms with Crippen LogP contribution in [0.1, 0.15) is 30.1 Å². The highest BCUT2D eigenvalue weighted by Gasteiger charge is 2.22. The molecular weight excluding hydrogens is 410 g/mol. The fourth-order valence-electron chi connectivity index (χ4n) is 2.54. The molecule has 2 aromatic rings. The largest absolute Gasteiger partial charge is 0.340 e. The Morgan fingerprint density at radius 1 is 1.03 bits per heavy atom. The van der Waals surface area contributed by atoms with Crippen LogP contribution in [0.3, 0.4) is 0 Å². The van der Waals surface area contributed by atoms with Gasteiger partial charge in [-0.3, -0.25) is 14.4 Å². The summed E-state index contributed by atoms with van der Waals surface area (Å²) in [7, 11) is 0. The van der Waals surface area contributed by atoms with Gasteiger partial charge in [-0.15, -0.1) is 0 Å². The molecule has 2 aromatic carbocycles. The maximum Gasteiger partial charge on any atom is 0.253 e. The van der Waals surface area contributed by atoms with Gasteiger partial charge in [0.25, 0.3) is 5.91 Å². The summed E-state index contributed by atoms with van der Waals surface area (Å²) in [5.41, 5.74) is 1.45. The van der Waals surface area contributed by atoms with Crippen LogP contribution in [0.15, 0.2) is 48.5 Å². The lowest BCUT2D eigenvalue weighted by atomic mass is 10.1. The number of rotatable bonds is 9. The molecule has 2 rings (SSSR count). The maximum absolute atomic E-state index is 12.8. The number of carbonyl (C=O) groups is 3. The first-order chi connectivity index (χ1) is 13.9. The van der Waals surface area contributed by atoms with Crippen molar-refractivity contribution in [1.82, 2.24) is 5.32 Å². The lowest BCUT2D eigenvalue weighted by Crippen LogP contribution is -2.44. The molecule has 1 unspecified atom stereocenters. The molecule has 0 heterocycles. The third-order valence-electron chi connectivity index (χ3n) is 4.09. The number of anilines is 2. The zero-order valence-corrected chi connectivity index (χ0v) is 17.9. The molecule has 8 heteroatoms. The topological polar surface area (TPSA) is 87.3 Å². The Hall–Kier alpha value is -2.51. The Balaban J connectivity index is 2.10. The molecule has 0 aliphatic heterocycles. The molecule has 0 aliphatic carbocycles. The summed E-state index contributed by atoms with van der Waals surface area (Å²) >= 11 is 7.67. The first-order valence-electron chi connectivity index (χ1n) is 9.19. The molecule has 0 saturated heterocycles. The van der Waals surface area contributed by atoms with Gasteiger partial charge in [0.1, 0.15) is 6.04 Å². The van der Waals surface area contributed by atoms with E-state index < -0.39 is 11.9 Å². The summed E-state index contributed by atoms with van der Waals surface area (Å²) in [5, 5.41) is 8.65. The molecule has 154 valence electrons. The molecule has 0 fully saturated rings. The summed E-state index contributed by atoms with van der Waals surface area (Å²) in [6.45, 7) is 1.76. The van der Waals surface area contributed by atoms with Gasteiger partial charge in [-0.25, -0.2) is 0 Å². The Labute approximate surface area is 179 Å². The van der Waals surface area contributed by atoms with Crippen LogP contribution in [-0.4, -0.2) is 35.8 Å². The van der Waals surface area contributed by atoms with E-state index in [2.05, 4.69) is 16.0 Å². The maximum atomic E-state index is 12.8. The van der Waals surface area contributed by atoms with Crippen LogP contribution in [0, 0.1) is 0 Å². The van der Waals surface area contributed by atoms with Gasteiger partial charge in [0.2, 0.25) is 11.8 Å². The Bertz CT molecular complexity index is 876. The van der Waals surface area contributed by atoms with E-state index in [1.54, 1.807) is 67.2 Å². The molecule has 3 amide bonds. The van der Waals surface area contributed by atoms with E-state index in [1.165, 1.54) is 0 Å². The zero-order valence-electron chi connectivity index (χ0n) is 16.3. The van der Waals surface area contributed by atoms with Crippen molar-refractivity contribution in [2.45, 2.75) is 25.8 Å². The fourth-order valence-corrected chi connectivity index (χ4v) is 3.23. The first-order valence-corrected chi connectivity index (χ1v) is 11.0.